The lowest BCUT2D eigenvalue weighted by molar-refractivity contribution is -0.167. The SMILES string of the molecule is CC/C=C\C/C=C\C/C=C\C/C=C\CCCCCCCCCCCCCCCCCCCCC(=O)OCC(COC(=O)CCCCCCC/C=C\CCCCCCC)OC(=O)CCCCCCCCCCCCCCCCCCC. The van der Waals surface area contributed by atoms with Crippen LogP contribution in [0.3, 0.4) is 0 Å². The number of esters is 3. The number of allylic oxidation sites excluding steroid dienone is 10. The molecule has 466 valence electrons. The van der Waals surface area contributed by atoms with Gasteiger partial charge in [0, 0.05) is 19.3 Å². The molecule has 1 atom stereocenters. The Hall–Kier alpha value is -2.89. The minimum Gasteiger partial charge on any atom is -0.462 e. The van der Waals surface area contributed by atoms with Crippen molar-refractivity contribution in [1.82, 2.24) is 0 Å². The van der Waals surface area contributed by atoms with Gasteiger partial charge in [0.25, 0.3) is 0 Å². The predicted octanol–water partition coefficient (Wildman–Crippen LogP) is 24.3. The fourth-order valence-corrected chi connectivity index (χ4v) is 10.5. The molecular weight excluding hydrogens is 985 g/mol. The number of unbranched alkanes of at least 4 members (excludes halogenated alkanes) is 44. The average Bonchev–Trinajstić information content (AvgIpc) is 3.46. The van der Waals surface area contributed by atoms with Crippen molar-refractivity contribution in [2.24, 2.45) is 0 Å². The Balaban J connectivity index is 4.17. The highest BCUT2D eigenvalue weighted by molar-refractivity contribution is 5.71. The van der Waals surface area contributed by atoms with E-state index >= 15 is 0 Å². The van der Waals surface area contributed by atoms with Crippen LogP contribution in [0, 0.1) is 0 Å². The molecular formula is C74H134O6. The van der Waals surface area contributed by atoms with Crippen molar-refractivity contribution in [2.75, 3.05) is 13.2 Å². The minimum absolute atomic E-state index is 0.0706. The molecule has 0 aromatic rings. The van der Waals surface area contributed by atoms with E-state index in [2.05, 4.69) is 81.5 Å². The summed E-state index contributed by atoms with van der Waals surface area (Å²) < 4.78 is 17.0. The average molecular weight is 1120 g/mol. The van der Waals surface area contributed by atoms with Crippen LogP contribution in [0.2, 0.25) is 0 Å². The summed E-state index contributed by atoms with van der Waals surface area (Å²) in [6.45, 7) is 6.58. The molecule has 0 bridgehead atoms. The lowest BCUT2D eigenvalue weighted by Gasteiger charge is -2.18. The van der Waals surface area contributed by atoms with Crippen molar-refractivity contribution in [3.63, 3.8) is 0 Å². The highest BCUT2D eigenvalue weighted by Gasteiger charge is 2.19. The van der Waals surface area contributed by atoms with Crippen LogP contribution in [0.4, 0.5) is 0 Å². The summed E-state index contributed by atoms with van der Waals surface area (Å²) in [6, 6.07) is 0. The third-order valence-corrected chi connectivity index (χ3v) is 15.8. The molecule has 0 saturated heterocycles. The molecule has 0 radical (unpaired) electrons. The number of hydrogen-bond donors (Lipinski definition) is 0. The fraction of sp³-hybridized carbons (Fsp3) is 0.824. The molecule has 0 aliphatic rings. The Morgan fingerprint density at radius 3 is 0.775 bits per heavy atom. The van der Waals surface area contributed by atoms with Gasteiger partial charge in [0.15, 0.2) is 6.10 Å². The molecule has 0 spiro atoms. The molecule has 0 heterocycles. The third kappa shape index (κ3) is 65.9. The van der Waals surface area contributed by atoms with Gasteiger partial charge < -0.3 is 14.2 Å². The van der Waals surface area contributed by atoms with Crippen molar-refractivity contribution in [3.05, 3.63) is 60.8 Å². The molecule has 0 aliphatic heterocycles. The highest BCUT2D eigenvalue weighted by Crippen LogP contribution is 2.18. The first-order valence-corrected chi connectivity index (χ1v) is 35.3. The maximum absolute atomic E-state index is 12.9. The van der Waals surface area contributed by atoms with Crippen LogP contribution < -0.4 is 0 Å². The van der Waals surface area contributed by atoms with E-state index in [0.29, 0.717) is 19.3 Å². The Bertz CT molecular complexity index is 1430. The van der Waals surface area contributed by atoms with Gasteiger partial charge in [-0.3, -0.25) is 14.4 Å². The molecule has 0 fully saturated rings. The van der Waals surface area contributed by atoms with Crippen molar-refractivity contribution in [1.29, 1.82) is 0 Å². The first-order chi connectivity index (χ1) is 39.5. The van der Waals surface area contributed by atoms with E-state index in [4.69, 9.17) is 14.2 Å². The van der Waals surface area contributed by atoms with Crippen molar-refractivity contribution in [2.45, 2.75) is 380 Å². The number of carbonyl (C=O) groups is 3. The summed E-state index contributed by atoms with van der Waals surface area (Å²) in [5.74, 6) is -0.853. The molecule has 0 amide bonds. The Kier molecular flexibility index (Phi) is 66.1. The molecule has 0 aromatic carbocycles. The maximum atomic E-state index is 12.9. The van der Waals surface area contributed by atoms with Gasteiger partial charge in [-0.05, 0) is 83.5 Å². The monoisotopic (exact) mass is 1120 g/mol. The van der Waals surface area contributed by atoms with Gasteiger partial charge in [-0.15, -0.1) is 0 Å². The van der Waals surface area contributed by atoms with Crippen LogP contribution in [-0.4, -0.2) is 37.2 Å². The van der Waals surface area contributed by atoms with Crippen LogP contribution in [0.5, 0.6) is 0 Å². The van der Waals surface area contributed by atoms with Crippen molar-refractivity contribution >= 4 is 17.9 Å². The van der Waals surface area contributed by atoms with E-state index in [1.807, 2.05) is 0 Å². The van der Waals surface area contributed by atoms with E-state index in [0.717, 1.165) is 89.9 Å². The van der Waals surface area contributed by atoms with E-state index < -0.39 is 6.10 Å². The lowest BCUT2D eigenvalue weighted by Crippen LogP contribution is -2.30. The summed E-state index contributed by atoms with van der Waals surface area (Å²) >= 11 is 0. The number of ether oxygens (including phenoxy) is 3. The van der Waals surface area contributed by atoms with Gasteiger partial charge in [-0.25, -0.2) is 0 Å². The van der Waals surface area contributed by atoms with Crippen molar-refractivity contribution in [3.8, 4) is 0 Å². The standard InChI is InChI=1S/C74H134O6/c1-4-7-10-13-16-19-22-25-28-30-31-32-33-34-35-36-37-38-39-40-41-42-43-45-46-49-52-55-58-61-64-67-73(76)79-70-71(69-78-72(75)66-63-60-57-54-51-48-27-24-21-18-15-12-9-6-3)80-74(77)68-65-62-59-56-53-50-47-44-29-26-23-20-17-14-11-8-5-2/h7,10,16,19,24-25,27-28,31-32,71H,4-6,8-9,11-15,17-18,20-23,26,29-30,33-70H2,1-3H3/b10-7-,19-16-,27-24-,28-25-,32-31-. The van der Waals surface area contributed by atoms with Gasteiger partial charge in [-0.2, -0.15) is 0 Å². The zero-order valence-electron chi connectivity index (χ0n) is 53.6. The predicted molar refractivity (Wildman–Crippen MR) is 348 cm³/mol. The summed E-state index contributed by atoms with van der Waals surface area (Å²) in [4.78, 5) is 38.4. The number of rotatable bonds is 65. The molecule has 0 aliphatic carbocycles. The van der Waals surface area contributed by atoms with Crippen LogP contribution in [-0.2, 0) is 28.6 Å². The van der Waals surface area contributed by atoms with Crippen LogP contribution in [0.25, 0.3) is 0 Å². The third-order valence-electron chi connectivity index (χ3n) is 15.8. The smallest absolute Gasteiger partial charge is 0.306 e. The minimum atomic E-state index is -0.774. The lowest BCUT2D eigenvalue weighted by atomic mass is 10.0. The Morgan fingerprint density at radius 1 is 0.263 bits per heavy atom. The maximum Gasteiger partial charge on any atom is 0.306 e. The van der Waals surface area contributed by atoms with Gasteiger partial charge in [0.1, 0.15) is 13.2 Å². The van der Waals surface area contributed by atoms with Crippen LogP contribution in [0.1, 0.15) is 374 Å². The molecule has 6 nitrogen and oxygen atoms in total. The highest BCUT2D eigenvalue weighted by atomic mass is 16.6. The second kappa shape index (κ2) is 68.6. The Morgan fingerprint density at radius 2 is 0.487 bits per heavy atom. The second-order valence-corrected chi connectivity index (χ2v) is 23.8. The van der Waals surface area contributed by atoms with E-state index in [1.165, 1.54) is 244 Å². The zero-order valence-corrected chi connectivity index (χ0v) is 53.6. The number of carbonyl (C=O) groups excluding carboxylic acids is 3. The fourth-order valence-electron chi connectivity index (χ4n) is 10.5. The molecule has 0 N–H and O–H groups in total. The summed E-state index contributed by atoms with van der Waals surface area (Å²) in [7, 11) is 0. The topological polar surface area (TPSA) is 78.9 Å². The Labute approximate surface area is 498 Å². The first kappa shape index (κ1) is 77.1. The van der Waals surface area contributed by atoms with E-state index in [1.54, 1.807) is 0 Å². The molecule has 0 rings (SSSR count). The molecule has 1 unspecified atom stereocenters. The second-order valence-electron chi connectivity index (χ2n) is 23.8. The van der Waals surface area contributed by atoms with E-state index in [-0.39, 0.29) is 31.1 Å². The van der Waals surface area contributed by atoms with Crippen LogP contribution >= 0.6 is 0 Å². The summed E-state index contributed by atoms with van der Waals surface area (Å²) in [6.07, 6.45) is 88.2. The van der Waals surface area contributed by atoms with Gasteiger partial charge in [0.05, 0.1) is 0 Å². The molecule has 6 heteroatoms. The first-order valence-electron chi connectivity index (χ1n) is 35.3. The summed E-state index contributed by atoms with van der Waals surface area (Å²) in [5, 5.41) is 0. The van der Waals surface area contributed by atoms with E-state index in [9.17, 15) is 14.4 Å². The van der Waals surface area contributed by atoms with Gasteiger partial charge in [-0.1, -0.05) is 332 Å². The van der Waals surface area contributed by atoms with Crippen molar-refractivity contribution < 1.29 is 28.6 Å². The quantitative estimate of drug-likeness (QED) is 0.0261. The van der Waals surface area contributed by atoms with Gasteiger partial charge >= 0.3 is 17.9 Å². The largest absolute Gasteiger partial charge is 0.462 e. The summed E-state index contributed by atoms with van der Waals surface area (Å²) in [5.41, 5.74) is 0. The van der Waals surface area contributed by atoms with Crippen LogP contribution in [0.15, 0.2) is 60.8 Å². The number of hydrogen-bond acceptors (Lipinski definition) is 6. The zero-order chi connectivity index (χ0) is 57.8. The molecule has 0 saturated carbocycles. The normalized spacial score (nSPS) is 12.4. The molecule has 0 aromatic heterocycles. The molecule has 80 heavy (non-hydrogen) atoms. The van der Waals surface area contributed by atoms with Gasteiger partial charge in [0.2, 0.25) is 0 Å².